The van der Waals surface area contributed by atoms with Gasteiger partial charge in [0.25, 0.3) is 0 Å². The zero-order chi connectivity index (χ0) is 18.6. The van der Waals surface area contributed by atoms with Gasteiger partial charge >= 0.3 is 6.18 Å². The van der Waals surface area contributed by atoms with E-state index < -0.39 is 38.7 Å². The van der Waals surface area contributed by atoms with Crippen molar-refractivity contribution < 1.29 is 26.0 Å². The Bertz CT molecular complexity index is 735. The number of nitrogens with two attached hydrogens (primary N) is 1. The summed E-state index contributed by atoms with van der Waals surface area (Å²) in [5.41, 5.74) is 2.68. The topological polar surface area (TPSA) is 63.4 Å². The number of hydrogen-bond donors (Lipinski definition) is 1. The molecule has 0 unspecified atom stereocenters. The summed E-state index contributed by atoms with van der Waals surface area (Å²) in [6.45, 7) is 3.21. The predicted molar refractivity (Wildman–Crippen MR) is 82.1 cm³/mol. The van der Waals surface area contributed by atoms with Gasteiger partial charge in [0.2, 0.25) is 10.0 Å². The second-order valence-electron chi connectivity index (χ2n) is 6.98. The highest BCUT2D eigenvalue weighted by atomic mass is 32.2. The van der Waals surface area contributed by atoms with E-state index in [2.05, 4.69) is 0 Å². The molecule has 0 amide bonds. The van der Waals surface area contributed by atoms with Gasteiger partial charge in [-0.05, 0) is 44.4 Å². The monoisotopic (exact) mass is 368 g/mol. The van der Waals surface area contributed by atoms with Crippen molar-refractivity contribution in [3.8, 4) is 0 Å². The number of sulfonamides is 1. The molecule has 0 spiro atoms. The highest BCUT2D eigenvalue weighted by Gasteiger charge is 2.54. The smallest absolute Gasteiger partial charge is 0.324 e. The van der Waals surface area contributed by atoms with Crippen molar-refractivity contribution in [1.82, 2.24) is 4.31 Å². The molecule has 4 nitrogen and oxygen atoms in total. The maximum absolute atomic E-state index is 13.5. The fraction of sp³-hybridized carbons (Fsp3) is 0.600. The molecular formula is C15H20F4N2O2S. The van der Waals surface area contributed by atoms with Crippen molar-refractivity contribution in [1.29, 1.82) is 0 Å². The molecule has 9 heteroatoms. The molecule has 136 valence electrons. The van der Waals surface area contributed by atoms with Crippen molar-refractivity contribution >= 4 is 10.0 Å². The van der Waals surface area contributed by atoms with E-state index in [4.69, 9.17) is 5.73 Å². The Morgan fingerprint density at radius 2 is 1.79 bits per heavy atom. The molecule has 0 bridgehead atoms. The molecule has 1 aliphatic carbocycles. The van der Waals surface area contributed by atoms with Crippen molar-refractivity contribution in [2.75, 3.05) is 12.8 Å². The molecule has 2 rings (SSSR count). The maximum atomic E-state index is 13.5. The zero-order valence-electron chi connectivity index (χ0n) is 13.6. The molecule has 0 atom stereocenters. The minimum atomic E-state index is -4.85. The van der Waals surface area contributed by atoms with Crippen LogP contribution >= 0.6 is 0 Å². The fourth-order valence-electron chi connectivity index (χ4n) is 2.79. The first-order valence-electron chi connectivity index (χ1n) is 7.31. The molecule has 0 heterocycles. The molecule has 0 saturated heterocycles. The highest BCUT2D eigenvalue weighted by molar-refractivity contribution is 7.88. The average molecular weight is 368 g/mol. The van der Waals surface area contributed by atoms with Crippen LogP contribution in [0.15, 0.2) is 18.2 Å². The van der Waals surface area contributed by atoms with Gasteiger partial charge in [0.1, 0.15) is 5.82 Å². The van der Waals surface area contributed by atoms with Gasteiger partial charge in [-0.25, -0.2) is 12.8 Å². The van der Waals surface area contributed by atoms with Crippen LogP contribution in [-0.2, 0) is 21.7 Å². The predicted octanol–water partition coefficient (Wildman–Crippen LogP) is 2.83. The van der Waals surface area contributed by atoms with Crippen molar-refractivity contribution in [2.45, 2.75) is 43.9 Å². The van der Waals surface area contributed by atoms with Crippen LogP contribution in [0.3, 0.4) is 0 Å². The van der Waals surface area contributed by atoms with E-state index >= 15 is 0 Å². The second kappa shape index (κ2) is 5.67. The largest absolute Gasteiger partial charge is 0.419 e. The van der Waals surface area contributed by atoms with Crippen LogP contribution in [0.4, 0.5) is 17.6 Å². The van der Waals surface area contributed by atoms with Crippen LogP contribution in [-0.4, -0.2) is 31.1 Å². The van der Waals surface area contributed by atoms with E-state index in [1.165, 1.54) is 6.07 Å². The standard InChI is InChI=1S/C15H20F4N2O2S/c1-13(2,20)9-21(24(3,22)23)14(6-7-14)10-4-5-12(16)11(8-10)15(17,18)19/h4-5,8H,6-7,9,20H2,1-3H3. The van der Waals surface area contributed by atoms with Crippen LogP contribution in [0.5, 0.6) is 0 Å². The lowest BCUT2D eigenvalue weighted by atomic mass is 9.99. The first kappa shape index (κ1) is 19.1. The van der Waals surface area contributed by atoms with E-state index in [-0.39, 0.29) is 12.1 Å². The average Bonchev–Trinajstić information content (AvgIpc) is 3.14. The minimum absolute atomic E-state index is 0.0510. The van der Waals surface area contributed by atoms with Gasteiger partial charge in [0.05, 0.1) is 17.4 Å². The first-order chi connectivity index (χ1) is 10.7. The van der Waals surface area contributed by atoms with Crippen molar-refractivity contribution in [3.63, 3.8) is 0 Å². The summed E-state index contributed by atoms with van der Waals surface area (Å²) < 4.78 is 77.9. The van der Waals surface area contributed by atoms with E-state index in [0.717, 1.165) is 16.6 Å². The summed E-state index contributed by atoms with van der Waals surface area (Å²) in [5.74, 6) is -1.38. The lowest BCUT2D eigenvalue weighted by molar-refractivity contribution is -0.140. The quantitative estimate of drug-likeness (QED) is 0.813. The van der Waals surface area contributed by atoms with Crippen molar-refractivity contribution in [3.05, 3.63) is 35.1 Å². The van der Waals surface area contributed by atoms with Crippen LogP contribution < -0.4 is 5.73 Å². The molecule has 1 aliphatic rings. The molecular weight excluding hydrogens is 348 g/mol. The summed E-state index contributed by atoms with van der Waals surface area (Å²) >= 11 is 0. The Balaban J connectivity index is 2.53. The van der Waals surface area contributed by atoms with Gasteiger partial charge in [-0.1, -0.05) is 6.07 Å². The molecule has 2 N–H and O–H groups in total. The van der Waals surface area contributed by atoms with Crippen LogP contribution in [0.25, 0.3) is 0 Å². The number of alkyl halides is 3. The Morgan fingerprint density at radius 1 is 1.25 bits per heavy atom. The minimum Gasteiger partial charge on any atom is -0.324 e. The SMILES string of the molecule is CC(C)(N)CN(C1(c2ccc(F)c(C(F)(F)F)c2)CC1)S(C)(=O)=O. The van der Waals surface area contributed by atoms with E-state index in [0.29, 0.717) is 18.9 Å². The third-order valence-electron chi connectivity index (χ3n) is 3.96. The Hall–Kier alpha value is -1.19. The molecule has 0 radical (unpaired) electrons. The summed E-state index contributed by atoms with van der Waals surface area (Å²) in [5, 5.41) is 0. The summed E-state index contributed by atoms with van der Waals surface area (Å²) in [7, 11) is -3.72. The van der Waals surface area contributed by atoms with Gasteiger partial charge in [-0.15, -0.1) is 0 Å². The molecule has 1 saturated carbocycles. The van der Waals surface area contributed by atoms with Gasteiger partial charge in [0.15, 0.2) is 0 Å². The van der Waals surface area contributed by atoms with E-state index in [1.807, 2.05) is 0 Å². The fourth-order valence-corrected chi connectivity index (χ4v) is 4.28. The summed E-state index contributed by atoms with van der Waals surface area (Å²) in [6.07, 6.45) is -3.13. The summed E-state index contributed by atoms with van der Waals surface area (Å²) in [6, 6.07) is 2.63. The van der Waals surface area contributed by atoms with E-state index in [9.17, 15) is 26.0 Å². The Kier molecular flexibility index (Phi) is 4.52. The number of nitrogens with zero attached hydrogens (tertiary/aromatic N) is 1. The third-order valence-corrected chi connectivity index (χ3v) is 5.24. The molecule has 0 aliphatic heterocycles. The number of rotatable bonds is 5. The molecule has 0 aromatic heterocycles. The second-order valence-corrected chi connectivity index (χ2v) is 8.89. The van der Waals surface area contributed by atoms with Crippen molar-refractivity contribution in [2.24, 2.45) is 5.73 Å². The Morgan fingerprint density at radius 3 is 2.17 bits per heavy atom. The molecule has 1 fully saturated rings. The lowest BCUT2D eigenvalue weighted by Gasteiger charge is -2.35. The molecule has 1 aromatic carbocycles. The van der Waals surface area contributed by atoms with Crippen LogP contribution in [0, 0.1) is 5.82 Å². The highest BCUT2D eigenvalue weighted by Crippen LogP contribution is 2.53. The maximum Gasteiger partial charge on any atom is 0.419 e. The Labute approximate surface area is 138 Å². The number of benzene rings is 1. The summed E-state index contributed by atoms with van der Waals surface area (Å²) in [4.78, 5) is 0. The molecule has 1 aromatic rings. The van der Waals surface area contributed by atoms with Gasteiger partial charge in [-0.3, -0.25) is 0 Å². The lowest BCUT2D eigenvalue weighted by Crippen LogP contribution is -2.51. The van der Waals surface area contributed by atoms with Crippen LogP contribution in [0.1, 0.15) is 37.8 Å². The van der Waals surface area contributed by atoms with Gasteiger partial charge < -0.3 is 5.73 Å². The normalized spacial score (nSPS) is 18.0. The number of hydrogen-bond acceptors (Lipinski definition) is 3. The zero-order valence-corrected chi connectivity index (χ0v) is 14.4. The van der Waals surface area contributed by atoms with E-state index in [1.54, 1.807) is 13.8 Å². The molecule has 24 heavy (non-hydrogen) atoms. The number of halogens is 4. The third kappa shape index (κ3) is 3.89. The van der Waals surface area contributed by atoms with Gasteiger partial charge in [-0.2, -0.15) is 17.5 Å². The van der Waals surface area contributed by atoms with Gasteiger partial charge in [0, 0.05) is 12.1 Å². The first-order valence-corrected chi connectivity index (χ1v) is 9.16. The van der Waals surface area contributed by atoms with Crippen LogP contribution in [0.2, 0.25) is 0 Å².